The van der Waals surface area contributed by atoms with Crippen molar-refractivity contribution in [3.8, 4) is 0 Å². The standard InChI is InChI=1S/C14H15N3O/c1-10-4-2-3-5-11(10)8-14(18)17-12-6-7-13(15)16-9-12/h2-7,9H,8H2,1H3,(H2,15,16)(H,17,18). The highest BCUT2D eigenvalue weighted by Gasteiger charge is 2.06. The fourth-order valence-electron chi connectivity index (χ4n) is 1.67. The van der Waals surface area contributed by atoms with E-state index in [1.165, 1.54) is 0 Å². The molecule has 0 radical (unpaired) electrons. The number of nitrogen functional groups attached to an aromatic ring is 1. The van der Waals surface area contributed by atoms with Crippen LogP contribution in [0.4, 0.5) is 11.5 Å². The topological polar surface area (TPSA) is 68.0 Å². The van der Waals surface area contributed by atoms with E-state index in [9.17, 15) is 4.79 Å². The van der Waals surface area contributed by atoms with Gasteiger partial charge >= 0.3 is 0 Å². The van der Waals surface area contributed by atoms with Crippen LogP contribution in [0.3, 0.4) is 0 Å². The van der Waals surface area contributed by atoms with Crippen molar-refractivity contribution in [2.45, 2.75) is 13.3 Å². The summed E-state index contributed by atoms with van der Waals surface area (Å²) >= 11 is 0. The molecule has 0 aliphatic heterocycles. The Labute approximate surface area is 106 Å². The highest BCUT2D eigenvalue weighted by Crippen LogP contribution is 2.11. The molecule has 3 N–H and O–H groups in total. The van der Waals surface area contributed by atoms with E-state index in [0.717, 1.165) is 11.1 Å². The van der Waals surface area contributed by atoms with Crippen molar-refractivity contribution in [2.24, 2.45) is 0 Å². The first kappa shape index (κ1) is 12.1. The molecule has 0 aliphatic carbocycles. The minimum absolute atomic E-state index is 0.0594. The number of pyridine rings is 1. The van der Waals surface area contributed by atoms with Gasteiger partial charge < -0.3 is 11.1 Å². The van der Waals surface area contributed by atoms with Gasteiger partial charge in [0.15, 0.2) is 0 Å². The number of rotatable bonds is 3. The van der Waals surface area contributed by atoms with Gasteiger partial charge in [0.25, 0.3) is 0 Å². The largest absolute Gasteiger partial charge is 0.384 e. The fraction of sp³-hybridized carbons (Fsp3) is 0.143. The molecule has 0 saturated carbocycles. The number of benzene rings is 1. The van der Waals surface area contributed by atoms with E-state index in [4.69, 9.17) is 5.73 Å². The normalized spacial score (nSPS) is 10.1. The average molecular weight is 241 g/mol. The maximum atomic E-state index is 11.8. The monoisotopic (exact) mass is 241 g/mol. The van der Waals surface area contributed by atoms with Gasteiger partial charge in [-0.2, -0.15) is 0 Å². The highest BCUT2D eigenvalue weighted by molar-refractivity contribution is 5.92. The number of nitrogens with two attached hydrogens (primary N) is 1. The summed E-state index contributed by atoms with van der Waals surface area (Å²) < 4.78 is 0. The Kier molecular flexibility index (Phi) is 3.57. The molecule has 18 heavy (non-hydrogen) atoms. The Morgan fingerprint density at radius 1 is 1.28 bits per heavy atom. The van der Waals surface area contributed by atoms with Crippen molar-refractivity contribution in [3.63, 3.8) is 0 Å². The minimum atomic E-state index is -0.0594. The molecule has 0 unspecified atom stereocenters. The molecule has 1 amide bonds. The van der Waals surface area contributed by atoms with E-state index in [-0.39, 0.29) is 5.91 Å². The molecule has 4 nitrogen and oxygen atoms in total. The summed E-state index contributed by atoms with van der Waals surface area (Å²) in [6.45, 7) is 1.99. The molecule has 2 aromatic rings. The number of hydrogen-bond acceptors (Lipinski definition) is 3. The van der Waals surface area contributed by atoms with Gasteiger partial charge in [0.05, 0.1) is 18.3 Å². The first-order valence-corrected chi connectivity index (χ1v) is 5.71. The van der Waals surface area contributed by atoms with E-state index in [0.29, 0.717) is 17.9 Å². The molecule has 0 saturated heterocycles. The van der Waals surface area contributed by atoms with Crippen LogP contribution in [0.1, 0.15) is 11.1 Å². The predicted octanol–water partition coefficient (Wildman–Crippen LogP) is 2.15. The molecule has 4 heteroatoms. The lowest BCUT2D eigenvalue weighted by molar-refractivity contribution is -0.115. The van der Waals surface area contributed by atoms with Crippen LogP contribution < -0.4 is 11.1 Å². The third-order valence-corrected chi connectivity index (χ3v) is 2.68. The maximum Gasteiger partial charge on any atom is 0.228 e. The second kappa shape index (κ2) is 5.31. The van der Waals surface area contributed by atoms with Crippen LogP contribution in [0, 0.1) is 6.92 Å². The zero-order chi connectivity index (χ0) is 13.0. The minimum Gasteiger partial charge on any atom is -0.384 e. The summed E-state index contributed by atoms with van der Waals surface area (Å²) in [7, 11) is 0. The Morgan fingerprint density at radius 2 is 2.06 bits per heavy atom. The molecule has 0 spiro atoms. The van der Waals surface area contributed by atoms with Gasteiger partial charge in [-0.3, -0.25) is 4.79 Å². The molecule has 0 bridgehead atoms. The zero-order valence-electron chi connectivity index (χ0n) is 10.2. The first-order valence-electron chi connectivity index (χ1n) is 5.71. The number of nitrogens with one attached hydrogen (secondary N) is 1. The zero-order valence-corrected chi connectivity index (χ0v) is 10.2. The highest BCUT2D eigenvalue weighted by atomic mass is 16.1. The summed E-state index contributed by atoms with van der Waals surface area (Å²) in [6, 6.07) is 11.2. The van der Waals surface area contributed by atoms with Crippen molar-refractivity contribution in [2.75, 3.05) is 11.1 Å². The van der Waals surface area contributed by atoms with Crippen LogP contribution >= 0.6 is 0 Å². The van der Waals surface area contributed by atoms with E-state index in [1.54, 1.807) is 18.3 Å². The number of hydrogen-bond donors (Lipinski definition) is 2. The average Bonchev–Trinajstić information content (AvgIpc) is 2.35. The number of amides is 1. The summed E-state index contributed by atoms with van der Waals surface area (Å²) in [4.78, 5) is 15.8. The van der Waals surface area contributed by atoms with Crippen molar-refractivity contribution in [3.05, 3.63) is 53.7 Å². The maximum absolute atomic E-state index is 11.8. The van der Waals surface area contributed by atoms with Gasteiger partial charge in [-0.1, -0.05) is 24.3 Å². The molecule has 0 atom stereocenters. The number of carbonyl (C=O) groups is 1. The molecule has 1 aromatic heterocycles. The van der Waals surface area contributed by atoms with Crippen molar-refractivity contribution >= 4 is 17.4 Å². The van der Waals surface area contributed by atoms with Crippen molar-refractivity contribution in [1.82, 2.24) is 4.98 Å². The Morgan fingerprint density at radius 3 is 2.72 bits per heavy atom. The van der Waals surface area contributed by atoms with Crippen LogP contribution in [0.25, 0.3) is 0 Å². The summed E-state index contributed by atoms with van der Waals surface area (Å²) in [6.07, 6.45) is 1.90. The van der Waals surface area contributed by atoms with E-state index >= 15 is 0 Å². The molecular weight excluding hydrogens is 226 g/mol. The Bertz CT molecular complexity index is 549. The summed E-state index contributed by atoms with van der Waals surface area (Å²) in [5.74, 6) is 0.378. The van der Waals surface area contributed by atoms with Crippen molar-refractivity contribution < 1.29 is 4.79 Å². The van der Waals surface area contributed by atoms with Gasteiger partial charge in [-0.25, -0.2) is 4.98 Å². The lowest BCUT2D eigenvalue weighted by Gasteiger charge is -2.07. The Hall–Kier alpha value is -2.36. The van der Waals surface area contributed by atoms with Gasteiger partial charge in [-0.15, -0.1) is 0 Å². The molecule has 1 heterocycles. The number of aryl methyl sites for hydroxylation is 1. The third-order valence-electron chi connectivity index (χ3n) is 2.68. The van der Waals surface area contributed by atoms with Crippen LogP contribution in [-0.4, -0.2) is 10.9 Å². The molecule has 0 fully saturated rings. The first-order chi connectivity index (χ1) is 8.65. The smallest absolute Gasteiger partial charge is 0.228 e. The van der Waals surface area contributed by atoms with Crippen molar-refractivity contribution in [1.29, 1.82) is 0 Å². The second-order valence-electron chi connectivity index (χ2n) is 4.12. The van der Waals surface area contributed by atoms with Crippen LogP contribution in [0.2, 0.25) is 0 Å². The molecule has 1 aromatic carbocycles. The van der Waals surface area contributed by atoms with Crippen LogP contribution in [-0.2, 0) is 11.2 Å². The number of nitrogens with zero attached hydrogens (tertiary/aromatic N) is 1. The fourth-order valence-corrected chi connectivity index (χ4v) is 1.67. The van der Waals surface area contributed by atoms with Gasteiger partial charge in [0, 0.05) is 0 Å². The third kappa shape index (κ3) is 3.07. The van der Waals surface area contributed by atoms with Gasteiger partial charge in [0.2, 0.25) is 5.91 Å². The quantitative estimate of drug-likeness (QED) is 0.865. The second-order valence-corrected chi connectivity index (χ2v) is 4.12. The Balaban J connectivity index is 2.01. The molecular formula is C14H15N3O. The van der Waals surface area contributed by atoms with Gasteiger partial charge in [0.1, 0.15) is 5.82 Å². The molecule has 2 rings (SSSR count). The van der Waals surface area contributed by atoms with E-state index in [2.05, 4.69) is 10.3 Å². The molecule has 0 aliphatic rings. The van der Waals surface area contributed by atoms with Crippen LogP contribution in [0.15, 0.2) is 42.6 Å². The number of aromatic nitrogens is 1. The SMILES string of the molecule is Cc1ccccc1CC(=O)Nc1ccc(N)nc1. The lowest BCUT2D eigenvalue weighted by Crippen LogP contribution is -2.15. The van der Waals surface area contributed by atoms with E-state index < -0.39 is 0 Å². The number of carbonyl (C=O) groups excluding carboxylic acids is 1. The van der Waals surface area contributed by atoms with Crippen LogP contribution in [0.5, 0.6) is 0 Å². The predicted molar refractivity (Wildman–Crippen MR) is 72.2 cm³/mol. The van der Waals surface area contributed by atoms with E-state index in [1.807, 2.05) is 31.2 Å². The summed E-state index contributed by atoms with van der Waals surface area (Å²) in [5.41, 5.74) is 8.27. The molecule has 92 valence electrons. The van der Waals surface area contributed by atoms with Gasteiger partial charge in [-0.05, 0) is 30.2 Å². The number of anilines is 2. The summed E-state index contributed by atoms with van der Waals surface area (Å²) in [5, 5.41) is 2.79. The lowest BCUT2D eigenvalue weighted by atomic mass is 10.1.